The second kappa shape index (κ2) is 3.16. The number of hydrogen-bond donors (Lipinski definition) is 0. The Morgan fingerprint density at radius 3 is 2.73 bits per heavy atom. The second-order valence-corrected chi connectivity index (χ2v) is 3.17. The van der Waals surface area contributed by atoms with E-state index in [2.05, 4.69) is 15.1 Å². The largest absolute Gasteiger partial charge is 0.255 e. The van der Waals surface area contributed by atoms with E-state index >= 15 is 0 Å². The zero-order valence-corrected chi connectivity index (χ0v) is 7.91. The molecular formula is C11H8N4. The van der Waals surface area contributed by atoms with Gasteiger partial charge in [0.15, 0.2) is 5.65 Å². The fourth-order valence-electron chi connectivity index (χ4n) is 1.47. The van der Waals surface area contributed by atoms with E-state index in [9.17, 15) is 0 Å². The van der Waals surface area contributed by atoms with Gasteiger partial charge in [-0.2, -0.15) is 5.10 Å². The molecule has 0 bridgehead atoms. The monoisotopic (exact) mass is 196 g/mol. The smallest absolute Gasteiger partial charge is 0.154 e. The van der Waals surface area contributed by atoms with Gasteiger partial charge in [0.2, 0.25) is 0 Å². The molecule has 3 heterocycles. The number of imidazole rings is 1. The van der Waals surface area contributed by atoms with Crippen LogP contribution in [0, 0.1) is 0 Å². The van der Waals surface area contributed by atoms with Crippen molar-refractivity contribution >= 4 is 5.65 Å². The van der Waals surface area contributed by atoms with Gasteiger partial charge in [0.1, 0.15) is 5.69 Å². The molecule has 72 valence electrons. The summed E-state index contributed by atoms with van der Waals surface area (Å²) < 4.78 is 1.74. The van der Waals surface area contributed by atoms with E-state index in [1.54, 1.807) is 16.9 Å². The van der Waals surface area contributed by atoms with E-state index in [4.69, 9.17) is 0 Å². The average Bonchev–Trinajstić information content (AvgIpc) is 2.74. The number of fused-ring (bicyclic) bond motifs is 1. The Kier molecular flexibility index (Phi) is 1.71. The molecule has 15 heavy (non-hydrogen) atoms. The van der Waals surface area contributed by atoms with E-state index in [0.717, 1.165) is 17.0 Å². The first-order valence-corrected chi connectivity index (χ1v) is 4.65. The molecule has 4 nitrogen and oxygen atoms in total. The zero-order valence-electron chi connectivity index (χ0n) is 7.91. The Morgan fingerprint density at radius 2 is 1.93 bits per heavy atom. The second-order valence-electron chi connectivity index (χ2n) is 3.17. The topological polar surface area (TPSA) is 43.1 Å². The Bertz CT molecular complexity index is 553. The highest BCUT2D eigenvalue weighted by molar-refractivity contribution is 5.57. The van der Waals surface area contributed by atoms with E-state index in [0.29, 0.717) is 0 Å². The predicted octanol–water partition coefficient (Wildman–Crippen LogP) is 1.79. The van der Waals surface area contributed by atoms with Crippen LogP contribution in [0.1, 0.15) is 0 Å². The fourth-order valence-corrected chi connectivity index (χ4v) is 1.47. The average molecular weight is 196 g/mol. The Morgan fingerprint density at radius 1 is 0.933 bits per heavy atom. The van der Waals surface area contributed by atoms with Gasteiger partial charge < -0.3 is 0 Å². The third kappa shape index (κ3) is 1.36. The minimum atomic E-state index is 0.832. The lowest BCUT2D eigenvalue weighted by molar-refractivity contribution is 0.936. The zero-order chi connectivity index (χ0) is 10.1. The standard InChI is InChI=1S/C11H8N4/c1-2-6-12-9(4-1)10-8-15-11(14-10)5-3-7-13-15/h1-8H. The van der Waals surface area contributed by atoms with Gasteiger partial charge in [0.05, 0.1) is 11.9 Å². The number of pyridine rings is 1. The Hall–Kier alpha value is -2.23. The van der Waals surface area contributed by atoms with Crippen LogP contribution in [0.5, 0.6) is 0 Å². The highest BCUT2D eigenvalue weighted by Crippen LogP contribution is 2.14. The normalized spacial score (nSPS) is 10.7. The quantitative estimate of drug-likeness (QED) is 0.596. The van der Waals surface area contributed by atoms with Crippen LogP contribution in [0.15, 0.2) is 48.9 Å². The maximum atomic E-state index is 4.42. The van der Waals surface area contributed by atoms with Gasteiger partial charge >= 0.3 is 0 Å². The van der Waals surface area contributed by atoms with Gasteiger partial charge in [0.25, 0.3) is 0 Å². The van der Waals surface area contributed by atoms with Crippen LogP contribution >= 0.6 is 0 Å². The molecule has 0 aliphatic carbocycles. The Balaban J connectivity index is 2.21. The molecule has 0 unspecified atom stereocenters. The summed E-state index contributed by atoms with van der Waals surface area (Å²) in [5.41, 5.74) is 2.54. The minimum Gasteiger partial charge on any atom is -0.255 e. The molecule has 0 spiro atoms. The van der Waals surface area contributed by atoms with Crippen LogP contribution in [0.3, 0.4) is 0 Å². The van der Waals surface area contributed by atoms with E-state index in [-0.39, 0.29) is 0 Å². The molecule has 3 aromatic heterocycles. The van der Waals surface area contributed by atoms with Crippen molar-refractivity contribution < 1.29 is 0 Å². The first-order valence-electron chi connectivity index (χ1n) is 4.65. The molecule has 0 aliphatic heterocycles. The molecule has 0 fully saturated rings. The number of hydrogen-bond acceptors (Lipinski definition) is 3. The van der Waals surface area contributed by atoms with E-state index in [1.807, 2.05) is 36.5 Å². The van der Waals surface area contributed by atoms with Gasteiger partial charge in [-0.05, 0) is 24.3 Å². The lowest BCUT2D eigenvalue weighted by Gasteiger charge is -1.91. The third-order valence-corrected chi connectivity index (χ3v) is 2.16. The van der Waals surface area contributed by atoms with Crippen molar-refractivity contribution in [2.75, 3.05) is 0 Å². The summed E-state index contributed by atoms with van der Waals surface area (Å²) in [5, 5.41) is 4.15. The van der Waals surface area contributed by atoms with Gasteiger partial charge in [-0.15, -0.1) is 0 Å². The maximum absolute atomic E-state index is 4.42. The number of nitrogens with zero attached hydrogens (tertiary/aromatic N) is 4. The minimum absolute atomic E-state index is 0.832. The summed E-state index contributed by atoms with van der Waals surface area (Å²) in [4.78, 5) is 8.66. The molecule has 0 radical (unpaired) electrons. The first-order chi connectivity index (χ1) is 7.43. The SMILES string of the molecule is c1ccc(-c2cn3ncccc3n2)nc1. The molecule has 0 aliphatic rings. The molecule has 0 amide bonds. The van der Waals surface area contributed by atoms with Crippen molar-refractivity contribution in [2.24, 2.45) is 0 Å². The van der Waals surface area contributed by atoms with Gasteiger partial charge in [-0.3, -0.25) is 4.98 Å². The molecule has 4 heteroatoms. The maximum Gasteiger partial charge on any atom is 0.154 e. The van der Waals surface area contributed by atoms with Crippen LogP contribution in [-0.2, 0) is 0 Å². The molecule has 0 saturated carbocycles. The lowest BCUT2D eigenvalue weighted by Crippen LogP contribution is -1.85. The van der Waals surface area contributed by atoms with Crippen molar-refractivity contribution in [3.8, 4) is 11.4 Å². The Labute approximate surface area is 86.2 Å². The van der Waals surface area contributed by atoms with Crippen LogP contribution in [0.25, 0.3) is 17.0 Å². The fraction of sp³-hybridized carbons (Fsp3) is 0. The first kappa shape index (κ1) is 8.11. The number of aromatic nitrogens is 4. The highest BCUT2D eigenvalue weighted by Gasteiger charge is 2.04. The third-order valence-electron chi connectivity index (χ3n) is 2.16. The van der Waals surface area contributed by atoms with Crippen molar-refractivity contribution in [2.45, 2.75) is 0 Å². The van der Waals surface area contributed by atoms with Gasteiger partial charge in [-0.25, -0.2) is 9.50 Å². The summed E-state index contributed by atoms with van der Waals surface area (Å²) in [6, 6.07) is 9.54. The van der Waals surface area contributed by atoms with Crippen molar-refractivity contribution in [3.05, 3.63) is 48.9 Å². The predicted molar refractivity (Wildman–Crippen MR) is 56.2 cm³/mol. The summed E-state index contributed by atoms with van der Waals surface area (Å²) in [5.74, 6) is 0. The summed E-state index contributed by atoms with van der Waals surface area (Å²) in [6.07, 6.45) is 5.36. The van der Waals surface area contributed by atoms with Crippen molar-refractivity contribution in [3.63, 3.8) is 0 Å². The van der Waals surface area contributed by atoms with Crippen LogP contribution < -0.4 is 0 Å². The molecule has 3 aromatic rings. The number of rotatable bonds is 1. The molecular weight excluding hydrogens is 188 g/mol. The van der Waals surface area contributed by atoms with Crippen molar-refractivity contribution in [1.82, 2.24) is 19.6 Å². The molecule has 0 aromatic carbocycles. The van der Waals surface area contributed by atoms with Crippen LogP contribution in [-0.4, -0.2) is 19.6 Å². The lowest BCUT2D eigenvalue weighted by atomic mass is 10.3. The van der Waals surface area contributed by atoms with Crippen LogP contribution in [0.2, 0.25) is 0 Å². The van der Waals surface area contributed by atoms with E-state index < -0.39 is 0 Å². The highest BCUT2D eigenvalue weighted by atomic mass is 15.2. The molecule has 0 saturated heterocycles. The molecule has 0 N–H and O–H groups in total. The summed E-state index contributed by atoms with van der Waals surface area (Å²) in [7, 11) is 0. The van der Waals surface area contributed by atoms with Crippen molar-refractivity contribution in [1.29, 1.82) is 0 Å². The molecule has 3 rings (SSSR count). The van der Waals surface area contributed by atoms with Gasteiger partial charge in [0, 0.05) is 12.4 Å². The van der Waals surface area contributed by atoms with Gasteiger partial charge in [-0.1, -0.05) is 6.07 Å². The summed E-state index contributed by atoms with van der Waals surface area (Å²) >= 11 is 0. The summed E-state index contributed by atoms with van der Waals surface area (Å²) in [6.45, 7) is 0. The van der Waals surface area contributed by atoms with E-state index in [1.165, 1.54) is 0 Å². The van der Waals surface area contributed by atoms with Crippen LogP contribution in [0.4, 0.5) is 0 Å². The molecule has 0 atom stereocenters.